The van der Waals surface area contributed by atoms with E-state index >= 15 is 0 Å². The summed E-state index contributed by atoms with van der Waals surface area (Å²) in [5, 5.41) is 6.27. The third-order valence-corrected chi connectivity index (χ3v) is 3.30. The third-order valence-electron chi connectivity index (χ3n) is 2.26. The Morgan fingerprint density at radius 3 is 2.94 bits per heavy atom. The van der Waals surface area contributed by atoms with Gasteiger partial charge in [-0.3, -0.25) is 0 Å². The van der Waals surface area contributed by atoms with Gasteiger partial charge < -0.3 is 0 Å². The summed E-state index contributed by atoms with van der Waals surface area (Å²) in [7, 11) is 0. The molecule has 2 aromatic rings. The maximum Gasteiger partial charge on any atom is 0.162 e. The highest BCUT2D eigenvalue weighted by molar-refractivity contribution is 7.99. The molecule has 0 atom stereocenters. The number of hydrogen-bond donors (Lipinski definition) is 0. The average molecular weight is 246 g/mol. The second-order valence-corrected chi connectivity index (χ2v) is 4.54. The molecule has 2 heterocycles. The van der Waals surface area contributed by atoms with E-state index in [9.17, 15) is 0 Å². The summed E-state index contributed by atoms with van der Waals surface area (Å²) in [5.74, 6) is 0.974. The lowest BCUT2D eigenvalue weighted by atomic mass is 10.4. The van der Waals surface area contributed by atoms with Crippen LogP contribution in [0.25, 0.3) is 11.0 Å². The Morgan fingerprint density at radius 2 is 2.18 bits per heavy atom. The second kappa shape index (κ2) is 5.63. The van der Waals surface area contributed by atoms with Gasteiger partial charge >= 0.3 is 0 Å². The molecular weight excluding hydrogens is 232 g/mol. The molecule has 0 aliphatic rings. The first-order chi connectivity index (χ1) is 8.36. The molecular formula is C12H14N4S. The summed E-state index contributed by atoms with van der Waals surface area (Å²) in [4.78, 5) is 8.55. The molecule has 0 bridgehead atoms. The fourth-order valence-corrected chi connectivity index (χ4v) is 2.38. The molecule has 0 aliphatic carbocycles. The van der Waals surface area contributed by atoms with E-state index in [1.165, 1.54) is 0 Å². The van der Waals surface area contributed by atoms with Crippen molar-refractivity contribution in [3.8, 4) is 0 Å². The Morgan fingerprint density at radius 1 is 1.29 bits per heavy atom. The number of nitrogens with zero attached hydrogens (tertiary/aromatic N) is 4. The lowest BCUT2D eigenvalue weighted by Gasteiger charge is -2.01. The summed E-state index contributed by atoms with van der Waals surface area (Å²) < 4.78 is 1.82. The number of fused-ring (bicyclic) bond motifs is 1. The molecule has 88 valence electrons. The summed E-state index contributed by atoms with van der Waals surface area (Å²) in [5.41, 5.74) is 0.862. The number of thioether (sulfide) groups is 1. The summed E-state index contributed by atoms with van der Waals surface area (Å²) in [6.07, 6.45) is 8.08. The van der Waals surface area contributed by atoms with Crippen LogP contribution in [0.15, 0.2) is 42.9 Å². The first-order valence-corrected chi connectivity index (χ1v) is 6.36. The summed E-state index contributed by atoms with van der Waals surface area (Å²) in [6, 6.07) is 0. The smallest absolute Gasteiger partial charge is 0.162 e. The van der Waals surface area contributed by atoms with E-state index < -0.39 is 0 Å². The molecule has 0 saturated carbocycles. The van der Waals surface area contributed by atoms with E-state index in [1.54, 1.807) is 24.2 Å². The fraction of sp³-hybridized carbons (Fsp3) is 0.250. The van der Waals surface area contributed by atoms with E-state index in [0.29, 0.717) is 6.54 Å². The predicted molar refractivity (Wildman–Crippen MR) is 71.1 cm³/mol. The van der Waals surface area contributed by atoms with E-state index in [-0.39, 0.29) is 0 Å². The Hall–Kier alpha value is -1.62. The quantitative estimate of drug-likeness (QED) is 0.340. The van der Waals surface area contributed by atoms with Gasteiger partial charge in [0.15, 0.2) is 5.65 Å². The van der Waals surface area contributed by atoms with Crippen LogP contribution in [-0.2, 0) is 6.54 Å². The molecule has 5 heteroatoms. The highest BCUT2D eigenvalue weighted by Gasteiger charge is 2.08. The molecule has 0 amide bonds. The molecule has 0 radical (unpaired) electrons. The van der Waals surface area contributed by atoms with Gasteiger partial charge in [0, 0.05) is 5.75 Å². The van der Waals surface area contributed by atoms with Gasteiger partial charge in [0.2, 0.25) is 0 Å². The first kappa shape index (κ1) is 11.9. The molecule has 2 rings (SSSR count). The van der Waals surface area contributed by atoms with Crippen molar-refractivity contribution in [1.29, 1.82) is 0 Å². The van der Waals surface area contributed by atoms with Crippen molar-refractivity contribution in [3.63, 3.8) is 0 Å². The molecule has 0 fully saturated rings. The zero-order chi connectivity index (χ0) is 12.1. The van der Waals surface area contributed by atoms with E-state index in [1.807, 2.05) is 17.0 Å². The largest absolute Gasteiger partial charge is 0.243 e. The highest BCUT2D eigenvalue weighted by Crippen LogP contribution is 2.24. The molecule has 17 heavy (non-hydrogen) atoms. The van der Waals surface area contributed by atoms with Gasteiger partial charge in [-0.15, -0.1) is 24.9 Å². The molecule has 0 N–H and O–H groups in total. The van der Waals surface area contributed by atoms with Crippen LogP contribution >= 0.6 is 11.8 Å². The lowest BCUT2D eigenvalue weighted by molar-refractivity contribution is 0.719. The van der Waals surface area contributed by atoms with Crippen LogP contribution in [0, 0.1) is 0 Å². The topological polar surface area (TPSA) is 43.6 Å². The third kappa shape index (κ3) is 2.55. The minimum Gasteiger partial charge on any atom is -0.243 e. The van der Waals surface area contributed by atoms with E-state index in [0.717, 1.165) is 28.2 Å². The molecule has 0 aromatic carbocycles. The van der Waals surface area contributed by atoms with Crippen molar-refractivity contribution in [2.24, 2.45) is 0 Å². The monoisotopic (exact) mass is 246 g/mol. The van der Waals surface area contributed by atoms with Gasteiger partial charge in [-0.05, 0) is 6.42 Å². The molecule has 4 nitrogen and oxygen atoms in total. The number of hydrogen-bond acceptors (Lipinski definition) is 4. The van der Waals surface area contributed by atoms with Crippen LogP contribution in [0.5, 0.6) is 0 Å². The van der Waals surface area contributed by atoms with E-state index in [2.05, 4.69) is 28.2 Å². The van der Waals surface area contributed by atoms with Crippen LogP contribution in [0.1, 0.15) is 6.42 Å². The Bertz CT molecular complexity index is 532. The minimum atomic E-state index is 0.664. The van der Waals surface area contributed by atoms with Gasteiger partial charge in [-0.2, -0.15) is 5.10 Å². The summed E-state index contributed by atoms with van der Waals surface area (Å²) >= 11 is 1.70. The Balaban J connectivity index is 2.30. The lowest BCUT2D eigenvalue weighted by Crippen LogP contribution is -1.98. The SMILES string of the molecule is C=CCCSc1ncnc2c1cnn2CC=C. The van der Waals surface area contributed by atoms with Crippen molar-refractivity contribution in [2.45, 2.75) is 18.0 Å². The Kier molecular flexibility index (Phi) is 3.93. The molecule has 0 unspecified atom stereocenters. The van der Waals surface area contributed by atoms with Gasteiger partial charge in [-0.25, -0.2) is 14.6 Å². The van der Waals surface area contributed by atoms with Gasteiger partial charge in [-0.1, -0.05) is 12.2 Å². The predicted octanol–water partition coefficient (Wildman–Crippen LogP) is 2.68. The molecule has 2 aromatic heterocycles. The average Bonchev–Trinajstić information content (AvgIpc) is 2.75. The maximum atomic E-state index is 4.29. The normalized spacial score (nSPS) is 10.6. The van der Waals surface area contributed by atoms with Crippen molar-refractivity contribution in [1.82, 2.24) is 19.7 Å². The molecule has 0 saturated heterocycles. The number of aromatic nitrogens is 4. The number of allylic oxidation sites excluding steroid dienone is 2. The van der Waals surface area contributed by atoms with Crippen LogP contribution in [-0.4, -0.2) is 25.5 Å². The maximum absolute atomic E-state index is 4.29. The van der Waals surface area contributed by atoms with Crippen LogP contribution < -0.4 is 0 Å². The number of rotatable bonds is 6. The molecule has 0 aliphatic heterocycles. The van der Waals surface area contributed by atoms with Crippen molar-refractivity contribution < 1.29 is 0 Å². The standard InChI is InChI=1S/C12H14N4S/c1-3-5-7-17-12-10-8-15-16(6-4-2)11(10)13-9-14-12/h3-4,8-9H,1-2,5-7H2. The van der Waals surface area contributed by atoms with Crippen molar-refractivity contribution in [2.75, 3.05) is 5.75 Å². The van der Waals surface area contributed by atoms with Crippen LogP contribution in [0.3, 0.4) is 0 Å². The minimum absolute atomic E-state index is 0.664. The summed E-state index contributed by atoms with van der Waals surface area (Å²) in [6.45, 7) is 8.08. The van der Waals surface area contributed by atoms with Crippen molar-refractivity contribution >= 4 is 22.8 Å². The first-order valence-electron chi connectivity index (χ1n) is 5.38. The van der Waals surface area contributed by atoms with E-state index in [4.69, 9.17) is 0 Å². The van der Waals surface area contributed by atoms with Crippen LogP contribution in [0.2, 0.25) is 0 Å². The zero-order valence-electron chi connectivity index (χ0n) is 9.54. The fourth-order valence-electron chi connectivity index (χ4n) is 1.48. The molecule has 0 spiro atoms. The zero-order valence-corrected chi connectivity index (χ0v) is 10.4. The van der Waals surface area contributed by atoms with Gasteiger partial charge in [0.1, 0.15) is 11.4 Å². The van der Waals surface area contributed by atoms with Gasteiger partial charge in [0.25, 0.3) is 0 Å². The van der Waals surface area contributed by atoms with Gasteiger partial charge in [0.05, 0.1) is 18.1 Å². The van der Waals surface area contributed by atoms with Crippen molar-refractivity contribution in [3.05, 3.63) is 37.8 Å². The second-order valence-electron chi connectivity index (χ2n) is 3.46. The van der Waals surface area contributed by atoms with Crippen LogP contribution in [0.4, 0.5) is 0 Å². The highest BCUT2D eigenvalue weighted by atomic mass is 32.2. The Labute approximate surface area is 104 Å².